The zero-order valence-electron chi connectivity index (χ0n) is 13.1. The molecule has 0 unspecified atom stereocenters. The van der Waals surface area contributed by atoms with Crippen LogP contribution in [0.1, 0.15) is 12.5 Å². The fourth-order valence-electron chi connectivity index (χ4n) is 2.23. The molecule has 24 heavy (non-hydrogen) atoms. The third-order valence-corrected chi connectivity index (χ3v) is 4.13. The van der Waals surface area contributed by atoms with Crippen LogP contribution in [0.25, 0.3) is 5.57 Å². The highest BCUT2D eigenvalue weighted by Gasteiger charge is 2.04. The smallest absolute Gasteiger partial charge is 0.146 e. The molecule has 0 saturated heterocycles. The number of rotatable bonds is 5. The molecule has 1 aromatic heterocycles. The van der Waals surface area contributed by atoms with E-state index in [2.05, 4.69) is 18.0 Å². The van der Waals surface area contributed by atoms with Gasteiger partial charge in [-0.3, -0.25) is 0 Å². The topological polar surface area (TPSA) is 27.1 Å². The van der Waals surface area contributed by atoms with Crippen molar-refractivity contribution in [3.63, 3.8) is 0 Å². The van der Waals surface area contributed by atoms with Gasteiger partial charge in [0.15, 0.2) is 0 Å². The molecule has 0 spiro atoms. The molecule has 0 amide bonds. The number of aromatic nitrogens is 2. The summed E-state index contributed by atoms with van der Waals surface area (Å²) in [5.74, 6) is 1.31. The van der Waals surface area contributed by atoms with Crippen LogP contribution < -0.4 is 4.74 Å². The molecule has 3 nitrogen and oxygen atoms in total. The molecule has 0 bridgehead atoms. The number of allylic oxidation sites excluding steroid dienone is 2. The Bertz CT molecular complexity index is 840. The maximum atomic E-state index is 6.13. The third kappa shape index (κ3) is 4.19. The van der Waals surface area contributed by atoms with Gasteiger partial charge in [-0.05, 0) is 48.4 Å². The largest absolute Gasteiger partial charge is 0.456 e. The molecule has 0 aliphatic carbocycles. The SMILES string of the molecule is C/C(=C/Cn1ccnc1)c1ccc(Oc2ccc(Cl)cc2Cl)cc1. The lowest BCUT2D eigenvalue weighted by atomic mass is 10.1. The van der Waals surface area contributed by atoms with E-state index in [1.807, 2.05) is 35.0 Å². The minimum Gasteiger partial charge on any atom is -0.456 e. The predicted molar refractivity (Wildman–Crippen MR) is 98.9 cm³/mol. The molecule has 3 rings (SSSR count). The lowest BCUT2D eigenvalue weighted by molar-refractivity contribution is 0.483. The van der Waals surface area contributed by atoms with E-state index in [0.717, 1.165) is 17.9 Å². The van der Waals surface area contributed by atoms with Crippen molar-refractivity contribution in [3.05, 3.63) is 82.9 Å². The highest BCUT2D eigenvalue weighted by Crippen LogP contribution is 2.32. The highest BCUT2D eigenvalue weighted by molar-refractivity contribution is 6.35. The molecule has 0 radical (unpaired) electrons. The molecule has 3 aromatic rings. The van der Waals surface area contributed by atoms with Crippen LogP contribution >= 0.6 is 23.2 Å². The number of imidazole rings is 1. The van der Waals surface area contributed by atoms with E-state index in [4.69, 9.17) is 27.9 Å². The molecular formula is C19H16Cl2N2O. The van der Waals surface area contributed by atoms with Crippen LogP contribution in [-0.4, -0.2) is 9.55 Å². The lowest BCUT2D eigenvalue weighted by Crippen LogP contribution is -1.91. The second-order valence-corrected chi connectivity index (χ2v) is 6.19. The van der Waals surface area contributed by atoms with E-state index < -0.39 is 0 Å². The summed E-state index contributed by atoms with van der Waals surface area (Å²) >= 11 is 12.0. The van der Waals surface area contributed by atoms with Crippen LogP contribution in [0.5, 0.6) is 11.5 Å². The Morgan fingerprint density at radius 3 is 2.62 bits per heavy atom. The van der Waals surface area contributed by atoms with Crippen LogP contribution in [-0.2, 0) is 6.54 Å². The van der Waals surface area contributed by atoms with Gasteiger partial charge >= 0.3 is 0 Å². The minimum atomic E-state index is 0.489. The standard InChI is InChI=1S/C19H16Cl2N2O/c1-14(8-10-23-11-9-22-13-23)15-2-5-17(6-3-15)24-19-7-4-16(20)12-18(19)21/h2-9,11-13H,10H2,1H3/b14-8-. The predicted octanol–water partition coefficient (Wildman–Crippen LogP) is 6.09. The van der Waals surface area contributed by atoms with Gasteiger partial charge in [0.1, 0.15) is 11.5 Å². The van der Waals surface area contributed by atoms with Crippen LogP contribution in [0.4, 0.5) is 0 Å². The fourth-order valence-corrected chi connectivity index (χ4v) is 2.67. The first-order valence-electron chi connectivity index (χ1n) is 7.47. The zero-order chi connectivity index (χ0) is 16.9. The molecule has 0 aliphatic rings. The Morgan fingerprint density at radius 2 is 1.96 bits per heavy atom. The molecule has 1 heterocycles. The van der Waals surface area contributed by atoms with Crippen molar-refractivity contribution in [2.45, 2.75) is 13.5 Å². The second-order valence-electron chi connectivity index (χ2n) is 5.35. The summed E-state index contributed by atoms with van der Waals surface area (Å²) in [4.78, 5) is 4.03. The van der Waals surface area contributed by atoms with Crippen molar-refractivity contribution >= 4 is 28.8 Å². The van der Waals surface area contributed by atoms with Crippen molar-refractivity contribution in [2.24, 2.45) is 0 Å². The third-order valence-electron chi connectivity index (χ3n) is 3.60. The van der Waals surface area contributed by atoms with Gasteiger partial charge in [-0.2, -0.15) is 0 Å². The number of ether oxygens (including phenoxy) is 1. The van der Waals surface area contributed by atoms with Crippen molar-refractivity contribution in [3.8, 4) is 11.5 Å². The van der Waals surface area contributed by atoms with Gasteiger partial charge in [-0.25, -0.2) is 4.98 Å². The number of halogens is 2. The van der Waals surface area contributed by atoms with Gasteiger partial charge in [0.05, 0.1) is 11.3 Å². The van der Waals surface area contributed by atoms with Crippen molar-refractivity contribution in [1.82, 2.24) is 9.55 Å². The molecule has 0 atom stereocenters. The van der Waals surface area contributed by atoms with Crippen LogP contribution in [0.2, 0.25) is 10.0 Å². The number of nitrogens with zero attached hydrogens (tertiary/aromatic N) is 2. The lowest BCUT2D eigenvalue weighted by Gasteiger charge is -2.09. The first kappa shape index (κ1) is 16.6. The van der Waals surface area contributed by atoms with E-state index in [1.54, 1.807) is 30.7 Å². The first-order valence-corrected chi connectivity index (χ1v) is 8.23. The monoisotopic (exact) mass is 358 g/mol. The van der Waals surface area contributed by atoms with E-state index in [1.165, 1.54) is 5.57 Å². The average molecular weight is 359 g/mol. The van der Waals surface area contributed by atoms with Crippen LogP contribution in [0.15, 0.2) is 67.3 Å². The fraction of sp³-hybridized carbons (Fsp3) is 0.105. The summed E-state index contributed by atoms with van der Waals surface area (Å²) in [5.41, 5.74) is 2.34. The molecule has 0 N–H and O–H groups in total. The van der Waals surface area contributed by atoms with Crippen molar-refractivity contribution < 1.29 is 4.74 Å². The summed E-state index contributed by atoms with van der Waals surface area (Å²) in [6, 6.07) is 13.1. The summed E-state index contributed by atoms with van der Waals surface area (Å²) in [6.45, 7) is 2.88. The van der Waals surface area contributed by atoms with Gasteiger partial charge in [-0.1, -0.05) is 41.4 Å². The zero-order valence-corrected chi connectivity index (χ0v) is 14.6. The Labute approximate surface area is 151 Å². The highest BCUT2D eigenvalue weighted by atomic mass is 35.5. The maximum Gasteiger partial charge on any atom is 0.146 e. The molecule has 2 aromatic carbocycles. The molecule has 5 heteroatoms. The quantitative estimate of drug-likeness (QED) is 0.552. The molecular weight excluding hydrogens is 343 g/mol. The van der Waals surface area contributed by atoms with Crippen molar-refractivity contribution in [2.75, 3.05) is 0 Å². The number of hydrogen-bond donors (Lipinski definition) is 0. The van der Waals surface area contributed by atoms with Gasteiger partial charge < -0.3 is 9.30 Å². The summed E-state index contributed by atoms with van der Waals surface area (Å²) < 4.78 is 7.81. The van der Waals surface area contributed by atoms with E-state index in [-0.39, 0.29) is 0 Å². The van der Waals surface area contributed by atoms with E-state index in [0.29, 0.717) is 15.8 Å². The normalized spacial score (nSPS) is 11.5. The Balaban J connectivity index is 1.69. The molecule has 0 fully saturated rings. The van der Waals surface area contributed by atoms with Gasteiger partial charge in [-0.15, -0.1) is 0 Å². The molecule has 0 saturated carbocycles. The first-order chi connectivity index (χ1) is 11.6. The number of hydrogen-bond acceptors (Lipinski definition) is 2. The average Bonchev–Trinajstić information content (AvgIpc) is 3.09. The summed E-state index contributed by atoms with van der Waals surface area (Å²) in [7, 11) is 0. The van der Waals surface area contributed by atoms with E-state index in [9.17, 15) is 0 Å². The number of benzene rings is 2. The van der Waals surface area contributed by atoms with Crippen LogP contribution in [0, 0.1) is 0 Å². The van der Waals surface area contributed by atoms with Crippen LogP contribution in [0.3, 0.4) is 0 Å². The Hall–Kier alpha value is -2.23. The molecule has 0 aliphatic heterocycles. The summed E-state index contributed by atoms with van der Waals surface area (Å²) in [6.07, 6.45) is 7.68. The van der Waals surface area contributed by atoms with Gasteiger partial charge in [0, 0.05) is 24.0 Å². The van der Waals surface area contributed by atoms with E-state index >= 15 is 0 Å². The summed E-state index contributed by atoms with van der Waals surface area (Å²) in [5, 5.41) is 1.07. The Morgan fingerprint density at radius 1 is 1.17 bits per heavy atom. The Kier molecular flexibility index (Phi) is 5.24. The molecule has 122 valence electrons. The van der Waals surface area contributed by atoms with Crippen molar-refractivity contribution in [1.29, 1.82) is 0 Å². The second kappa shape index (κ2) is 7.56. The minimum absolute atomic E-state index is 0.489. The maximum absolute atomic E-state index is 6.13. The van der Waals surface area contributed by atoms with Gasteiger partial charge in [0.25, 0.3) is 0 Å². The van der Waals surface area contributed by atoms with Gasteiger partial charge in [0.2, 0.25) is 0 Å².